The Morgan fingerprint density at radius 1 is 1.07 bits per heavy atom. The summed E-state index contributed by atoms with van der Waals surface area (Å²) < 4.78 is 1.86. The molecular weight excluding hydrogens is 372 g/mol. The summed E-state index contributed by atoms with van der Waals surface area (Å²) in [6, 6.07) is 21.9. The van der Waals surface area contributed by atoms with Gasteiger partial charge in [-0.15, -0.1) is 0 Å². The Morgan fingerprint density at radius 3 is 2.40 bits per heavy atom. The molecule has 1 aliphatic rings. The number of nitrogens with one attached hydrogen (secondary N) is 1. The Kier molecular flexibility index (Phi) is 4.58. The highest BCUT2D eigenvalue weighted by Gasteiger charge is 2.29. The van der Waals surface area contributed by atoms with Gasteiger partial charge in [-0.25, -0.2) is 9.67 Å². The van der Waals surface area contributed by atoms with Crippen LogP contribution in [0.2, 0.25) is 0 Å². The van der Waals surface area contributed by atoms with Crippen LogP contribution in [-0.4, -0.2) is 20.7 Å². The number of aryl methyl sites for hydroxylation is 1. The highest BCUT2D eigenvalue weighted by atomic mass is 16.1. The minimum atomic E-state index is -0.0873. The molecule has 0 saturated heterocycles. The number of carbonyl (C=O) groups is 1. The minimum Gasteiger partial charge on any atom is -0.345 e. The van der Waals surface area contributed by atoms with Gasteiger partial charge in [0.1, 0.15) is 0 Å². The molecule has 2 heterocycles. The van der Waals surface area contributed by atoms with Gasteiger partial charge >= 0.3 is 0 Å². The van der Waals surface area contributed by atoms with E-state index in [1.54, 1.807) is 0 Å². The number of nitrogens with zero attached hydrogens (tertiary/aromatic N) is 3. The summed E-state index contributed by atoms with van der Waals surface area (Å²) in [6.45, 7) is 3.95. The normalized spacial score (nSPS) is 14.6. The summed E-state index contributed by atoms with van der Waals surface area (Å²) in [7, 11) is 0. The summed E-state index contributed by atoms with van der Waals surface area (Å²) in [5, 5.41) is 8.72. The molecule has 0 spiro atoms. The average Bonchev–Trinajstić information content (AvgIpc) is 3.58. The second-order valence-electron chi connectivity index (χ2n) is 8.01. The van der Waals surface area contributed by atoms with Gasteiger partial charge in [-0.2, -0.15) is 5.10 Å². The number of carbonyl (C=O) groups excluding carboxylic acids is 1. The molecule has 30 heavy (non-hydrogen) atoms. The predicted molar refractivity (Wildman–Crippen MR) is 118 cm³/mol. The Morgan fingerprint density at radius 2 is 1.73 bits per heavy atom. The van der Waals surface area contributed by atoms with E-state index in [2.05, 4.69) is 5.32 Å². The Hall–Kier alpha value is -3.47. The largest absolute Gasteiger partial charge is 0.345 e. The fourth-order valence-corrected chi connectivity index (χ4v) is 3.92. The Bertz CT molecular complexity index is 1210. The molecule has 5 nitrogen and oxygen atoms in total. The molecule has 1 N–H and O–H groups in total. The van der Waals surface area contributed by atoms with Crippen LogP contribution in [0.25, 0.3) is 16.7 Å². The maximum absolute atomic E-state index is 13.4. The van der Waals surface area contributed by atoms with Crippen LogP contribution in [0.3, 0.4) is 0 Å². The molecule has 5 rings (SSSR count). The van der Waals surface area contributed by atoms with Gasteiger partial charge in [0.05, 0.1) is 28.4 Å². The zero-order valence-corrected chi connectivity index (χ0v) is 17.2. The molecular formula is C25H24N4O. The summed E-state index contributed by atoms with van der Waals surface area (Å²) in [5.41, 5.74) is 5.22. The van der Waals surface area contributed by atoms with Crippen molar-refractivity contribution in [2.75, 3.05) is 0 Å². The van der Waals surface area contributed by atoms with Crippen LogP contribution >= 0.6 is 0 Å². The average molecular weight is 396 g/mol. The number of benzene rings is 2. The van der Waals surface area contributed by atoms with E-state index >= 15 is 0 Å². The van der Waals surface area contributed by atoms with Crippen LogP contribution < -0.4 is 5.32 Å². The van der Waals surface area contributed by atoms with Gasteiger partial charge in [0.2, 0.25) is 0 Å². The molecule has 1 amide bonds. The second kappa shape index (κ2) is 7.41. The van der Waals surface area contributed by atoms with E-state index in [0.717, 1.165) is 46.5 Å². The number of hydrogen-bond acceptors (Lipinski definition) is 3. The summed E-state index contributed by atoms with van der Waals surface area (Å²) >= 11 is 0. The summed E-state index contributed by atoms with van der Waals surface area (Å²) in [6.07, 6.45) is 2.25. The van der Waals surface area contributed by atoms with E-state index < -0.39 is 0 Å². The van der Waals surface area contributed by atoms with Crippen LogP contribution in [0.4, 0.5) is 0 Å². The van der Waals surface area contributed by atoms with Crippen molar-refractivity contribution in [2.24, 2.45) is 0 Å². The Balaban J connectivity index is 1.60. The highest BCUT2D eigenvalue weighted by molar-refractivity contribution is 6.07. The number of para-hydroxylation sites is 1. The van der Waals surface area contributed by atoms with Gasteiger partial charge in [-0.1, -0.05) is 48.5 Å². The number of hydrogen-bond donors (Lipinski definition) is 1. The van der Waals surface area contributed by atoms with E-state index in [1.807, 2.05) is 85.3 Å². The van der Waals surface area contributed by atoms with Crippen molar-refractivity contribution in [3.8, 4) is 5.69 Å². The van der Waals surface area contributed by atoms with Crippen molar-refractivity contribution in [1.29, 1.82) is 0 Å². The summed E-state index contributed by atoms with van der Waals surface area (Å²) in [5.74, 6) is 0.350. The maximum Gasteiger partial charge on any atom is 0.252 e. The third-order valence-corrected chi connectivity index (χ3v) is 5.72. The standard InChI is InChI=1S/C25H24N4O/c1-16(18-9-5-3-6-10-18)26-25(30)21-15-22(19-13-14-19)27-24-23(21)17(2)28-29(24)20-11-7-4-8-12-20/h3-12,15-16,19H,13-14H2,1-2H3,(H,26,30). The number of rotatable bonds is 5. The van der Waals surface area contributed by atoms with E-state index in [0.29, 0.717) is 11.5 Å². The molecule has 1 atom stereocenters. The quantitative estimate of drug-likeness (QED) is 0.511. The zero-order valence-electron chi connectivity index (χ0n) is 17.2. The highest BCUT2D eigenvalue weighted by Crippen LogP contribution is 2.40. The van der Waals surface area contributed by atoms with Crippen LogP contribution in [0.15, 0.2) is 66.7 Å². The van der Waals surface area contributed by atoms with Crippen LogP contribution in [0, 0.1) is 6.92 Å². The van der Waals surface area contributed by atoms with Crippen LogP contribution in [0.1, 0.15) is 59.0 Å². The molecule has 4 aromatic rings. The van der Waals surface area contributed by atoms with Crippen LogP contribution in [-0.2, 0) is 0 Å². The first-order valence-electron chi connectivity index (χ1n) is 10.4. The lowest BCUT2D eigenvalue weighted by Gasteiger charge is -2.15. The number of aromatic nitrogens is 3. The second-order valence-corrected chi connectivity index (χ2v) is 8.01. The van der Waals surface area contributed by atoms with Crippen molar-refractivity contribution >= 4 is 16.9 Å². The molecule has 5 heteroatoms. The van der Waals surface area contributed by atoms with Crippen molar-refractivity contribution in [3.63, 3.8) is 0 Å². The number of fused-ring (bicyclic) bond motifs is 1. The molecule has 1 aliphatic carbocycles. The van der Waals surface area contributed by atoms with Gasteiger partial charge in [0.15, 0.2) is 5.65 Å². The van der Waals surface area contributed by atoms with E-state index in [-0.39, 0.29) is 11.9 Å². The van der Waals surface area contributed by atoms with Crippen molar-refractivity contribution in [2.45, 2.75) is 38.6 Å². The van der Waals surface area contributed by atoms with Gasteiger partial charge in [-0.3, -0.25) is 4.79 Å². The zero-order chi connectivity index (χ0) is 20.7. The lowest BCUT2D eigenvalue weighted by molar-refractivity contribution is 0.0941. The van der Waals surface area contributed by atoms with E-state index in [4.69, 9.17) is 10.1 Å². The van der Waals surface area contributed by atoms with Crippen molar-refractivity contribution in [1.82, 2.24) is 20.1 Å². The maximum atomic E-state index is 13.4. The molecule has 0 radical (unpaired) electrons. The molecule has 1 saturated carbocycles. The molecule has 0 bridgehead atoms. The third kappa shape index (κ3) is 3.36. The van der Waals surface area contributed by atoms with Gasteiger partial charge in [0, 0.05) is 11.6 Å². The predicted octanol–water partition coefficient (Wildman–Crippen LogP) is 5.10. The fraction of sp³-hybridized carbons (Fsp3) is 0.240. The molecule has 2 aromatic carbocycles. The first-order chi connectivity index (χ1) is 14.6. The van der Waals surface area contributed by atoms with E-state index in [1.165, 1.54) is 0 Å². The topological polar surface area (TPSA) is 59.8 Å². The third-order valence-electron chi connectivity index (χ3n) is 5.72. The smallest absolute Gasteiger partial charge is 0.252 e. The number of pyridine rings is 1. The lowest BCUT2D eigenvalue weighted by atomic mass is 10.0. The molecule has 1 fully saturated rings. The van der Waals surface area contributed by atoms with Gasteiger partial charge in [-0.05, 0) is 50.5 Å². The monoisotopic (exact) mass is 396 g/mol. The molecule has 2 aromatic heterocycles. The van der Waals surface area contributed by atoms with Crippen molar-refractivity contribution < 1.29 is 4.79 Å². The fourth-order valence-electron chi connectivity index (χ4n) is 3.92. The van der Waals surface area contributed by atoms with Gasteiger partial charge < -0.3 is 5.32 Å². The first-order valence-corrected chi connectivity index (χ1v) is 10.4. The number of amides is 1. The molecule has 150 valence electrons. The minimum absolute atomic E-state index is 0.0867. The van der Waals surface area contributed by atoms with E-state index in [9.17, 15) is 4.79 Å². The molecule has 0 aliphatic heterocycles. The first kappa shape index (κ1) is 18.6. The SMILES string of the molecule is Cc1nn(-c2ccccc2)c2nc(C3CC3)cc(C(=O)NC(C)c3ccccc3)c12. The van der Waals surface area contributed by atoms with Gasteiger partial charge in [0.25, 0.3) is 5.91 Å². The van der Waals surface area contributed by atoms with Crippen LogP contribution in [0.5, 0.6) is 0 Å². The van der Waals surface area contributed by atoms with Crippen molar-refractivity contribution in [3.05, 3.63) is 89.2 Å². The molecule has 1 unspecified atom stereocenters. The summed E-state index contributed by atoms with van der Waals surface area (Å²) in [4.78, 5) is 18.3. The lowest BCUT2D eigenvalue weighted by Crippen LogP contribution is -2.27. The Labute approximate surface area is 175 Å².